The third-order valence-electron chi connectivity index (χ3n) is 4.06. The van der Waals surface area contributed by atoms with E-state index in [0.29, 0.717) is 13.1 Å². The molecule has 29 heavy (non-hydrogen) atoms. The van der Waals surface area contributed by atoms with E-state index in [0.717, 1.165) is 28.2 Å². The molecular weight excluding hydrogens is 545 g/mol. The van der Waals surface area contributed by atoms with Gasteiger partial charge in [-0.3, -0.25) is 9.79 Å². The van der Waals surface area contributed by atoms with Gasteiger partial charge in [0.25, 0.3) is 0 Å². The van der Waals surface area contributed by atoms with Gasteiger partial charge >= 0.3 is 0 Å². The summed E-state index contributed by atoms with van der Waals surface area (Å²) in [5.41, 5.74) is 3.05. The molecule has 0 spiro atoms. The fourth-order valence-electron chi connectivity index (χ4n) is 2.77. The van der Waals surface area contributed by atoms with Gasteiger partial charge in [0, 0.05) is 37.3 Å². The minimum atomic E-state index is -0.0286. The molecule has 158 valence electrons. The molecule has 1 amide bonds. The van der Waals surface area contributed by atoms with Crippen molar-refractivity contribution in [2.75, 3.05) is 40.1 Å². The van der Waals surface area contributed by atoms with Gasteiger partial charge in [0.15, 0.2) is 5.96 Å². The lowest BCUT2D eigenvalue weighted by Crippen LogP contribution is -2.38. The van der Waals surface area contributed by atoms with Crippen molar-refractivity contribution in [2.45, 2.75) is 13.1 Å². The molecular formula is C21H29BrIN5O. The Morgan fingerprint density at radius 2 is 1.83 bits per heavy atom. The Morgan fingerprint density at radius 3 is 2.48 bits per heavy atom. The largest absolute Gasteiger partial charge is 0.352 e. The van der Waals surface area contributed by atoms with Gasteiger partial charge in [0.05, 0.1) is 6.54 Å². The molecule has 0 heterocycles. The van der Waals surface area contributed by atoms with Crippen molar-refractivity contribution in [3.05, 3.63) is 64.1 Å². The predicted octanol–water partition coefficient (Wildman–Crippen LogP) is 3.77. The molecule has 0 radical (unpaired) electrons. The Morgan fingerprint density at radius 1 is 1.10 bits per heavy atom. The highest BCUT2D eigenvalue weighted by Gasteiger charge is 2.09. The number of carbonyl (C=O) groups excluding carboxylic acids is 1. The maximum absolute atomic E-state index is 11.9. The van der Waals surface area contributed by atoms with Gasteiger partial charge in [-0.2, -0.15) is 0 Å². The van der Waals surface area contributed by atoms with Gasteiger partial charge in [-0.25, -0.2) is 0 Å². The van der Waals surface area contributed by atoms with E-state index in [1.54, 1.807) is 7.05 Å². The van der Waals surface area contributed by atoms with Crippen molar-refractivity contribution in [2.24, 2.45) is 4.99 Å². The fraction of sp³-hybridized carbons (Fsp3) is 0.333. The Bertz CT molecular complexity index is 828. The highest BCUT2D eigenvalue weighted by molar-refractivity contribution is 14.0. The van der Waals surface area contributed by atoms with E-state index >= 15 is 0 Å². The summed E-state index contributed by atoms with van der Waals surface area (Å²) >= 11 is 3.59. The molecule has 2 aromatic rings. The molecule has 0 unspecified atom stereocenters. The van der Waals surface area contributed by atoms with Crippen LogP contribution in [-0.2, 0) is 17.9 Å². The number of aliphatic imine (C=N–C) groups is 1. The van der Waals surface area contributed by atoms with Crippen molar-refractivity contribution >= 4 is 57.5 Å². The van der Waals surface area contributed by atoms with Gasteiger partial charge in [-0.05, 0) is 43.4 Å². The molecule has 0 saturated heterocycles. The summed E-state index contributed by atoms with van der Waals surface area (Å²) in [6, 6.07) is 16.0. The Hall–Kier alpha value is -1.65. The molecule has 0 atom stereocenters. The minimum absolute atomic E-state index is 0. The fourth-order valence-corrected chi connectivity index (χ4v) is 3.18. The zero-order valence-electron chi connectivity index (χ0n) is 17.3. The van der Waals surface area contributed by atoms with Crippen LogP contribution < -0.4 is 10.6 Å². The van der Waals surface area contributed by atoms with Crippen molar-refractivity contribution < 1.29 is 4.79 Å². The second-order valence-electron chi connectivity index (χ2n) is 6.83. The first-order valence-corrected chi connectivity index (χ1v) is 9.87. The molecule has 6 nitrogen and oxygen atoms in total. The lowest BCUT2D eigenvalue weighted by atomic mass is 10.2. The summed E-state index contributed by atoms with van der Waals surface area (Å²) in [6.07, 6.45) is 0. The summed E-state index contributed by atoms with van der Waals surface area (Å²) in [5.74, 6) is 0.775. The van der Waals surface area contributed by atoms with Crippen LogP contribution in [0, 0.1) is 0 Å². The standard InChI is InChI=1S/C21H28BrN5O.HI/c1-23-21(27(4)14-17-9-5-6-11-19(17)22)24-13-16-8-7-10-18(12-16)25-20(28)15-26(2)3;/h5-12H,13-15H2,1-4H3,(H,23,24)(H,25,28);1H. The van der Waals surface area contributed by atoms with Gasteiger partial charge in [-0.15, -0.1) is 24.0 Å². The number of benzene rings is 2. The highest BCUT2D eigenvalue weighted by atomic mass is 127. The number of amides is 1. The molecule has 0 aliphatic carbocycles. The Labute approximate surface area is 198 Å². The van der Waals surface area contributed by atoms with Gasteiger partial charge < -0.3 is 20.4 Å². The van der Waals surface area contributed by atoms with Crippen LogP contribution in [0.2, 0.25) is 0 Å². The first-order valence-electron chi connectivity index (χ1n) is 9.07. The number of nitrogens with zero attached hydrogens (tertiary/aromatic N) is 3. The molecule has 0 bridgehead atoms. The van der Waals surface area contributed by atoms with Crippen LogP contribution in [0.3, 0.4) is 0 Å². The van der Waals surface area contributed by atoms with Crippen LogP contribution in [0.5, 0.6) is 0 Å². The van der Waals surface area contributed by atoms with Crippen molar-refractivity contribution in [3.8, 4) is 0 Å². The topological polar surface area (TPSA) is 60.0 Å². The number of hydrogen-bond donors (Lipinski definition) is 2. The molecule has 0 aliphatic heterocycles. The molecule has 0 aliphatic rings. The van der Waals surface area contributed by atoms with Crippen molar-refractivity contribution in [1.82, 2.24) is 15.1 Å². The second-order valence-corrected chi connectivity index (χ2v) is 7.69. The third-order valence-corrected chi connectivity index (χ3v) is 4.83. The van der Waals surface area contributed by atoms with Crippen LogP contribution in [0.4, 0.5) is 5.69 Å². The van der Waals surface area contributed by atoms with Gasteiger partial charge in [0.2, 0.25) is 5.91 Å². The maximum atomic E-state index is 11.9. The molecule has 8 heteroatoms. The predicted molar refractivity (Wildman–Crippen MR) is 135 cm³/mol. The summed E-state index contributed by atoms with van der Waals surface area (Å²) in [5, 5.41) is 6.30. The number of nitrogens with one attached hydrogen (secondary N) is 2. The zero-order valence-corrected chi connectivity index (χ0v) is 21.2. The van der Waals surface area contributed by atoms with E-state index in [1.165, 1.54) is 5.56 Å². The quantitative estimate of drug-likeness (QED) is 0.301. The molecule has 2 aromatic carbocycles. The Balaban J connectivity index is 0.00000420. The van der Waals surface area contributed by atoms with E-state index in [1.807, 2.05) is 68.5 Å². The van der Waals surface area contributed by atoms with Gasteiger partial charge in [-0.1, -0.05) is 46.3 Å². The van der Waals surface area contributed by atoms with Gasteiger partial charge in [0.1, 0.15) is 0 Å². The number of hydrogen-bond acceptors (Lipinski definition) is 3. The van der Waals surface area contributed by atoms with E-state index < -0.39 is 0 Å². The summed E-state index contributed by atoms with van der Waals surface area (Å²) in [4.78, 5) is 20.2. The number of halogens is 2. The van der Waals surface area contributed by atoms with Crippen molar-refractivity contribution in [1.29, 1.82) is 0 Å². The molecule has 2 rings (SSSR count). The summed E-state index contributed by atoms with van der Waals surface area (Å²) < 4.78 is 1.08. The van der Waals surface area contributed by atoms with Crippen LogP contribution >= 0.6 is 39.9 Å². The van der Waals surface area contributed by atoms with Crippen LogP contribution in [-0.4, -0.2) is 56.4 Å². The first-order chi connectivity index (χ1) is 13.4. The van der Waals surface area contributed by atoms with Crippen LogP contribution in [0.15, 0.2) is 58.0 Å². The molecule has 0 aromatic heterocycles. The lowest BCUT2D eigenvalue weighted by Gasteiger charge is -2.23. The summed E-state index contributed by atoms with van der Waals surface area (Å²) in [6.45, 7) is 1.71. The zero-order chi connectivity index (χ0) is 20.5. The average molecular weight is 574 g/mol. The molecule has 2 N–H and O–H groups in total. The third kappa shape index (κ3) is 8.71. The number of anilines is 1. The van der Waals surface area contributed by atoms with E-state index in [2.05, 4.69) is 42.5 Å². The highest BCUT2D eigenvalue weighted by Crippen LogP contribution is 2.17. The minimum Gasteiger partial charge on any atom is -0.352 e. The van der Waals surface area contributed by atoms with Crippen LogP contribution in [0.1, 0.15) is 11.1 Å². The first kappa shape index (κ1) is 25.4. The van der Waals surface area contributed by atoms with Crippen LogP contribution in [0.25, 0.3) is 0 Å². The number of carbonyl (C=O) groups is 1. The normalized spacial score (nSPS) is 11.0. The smallest absolute Gasteiger partial charge is 0.238 e. The van der Waals surface area contributed by atoms with E-state index in [-0.39, 0.29) is 29.9 Å². The van der Waals surface area contributed by atoms with E-state index in [9.17, 15) is 4.79 Å². The lowest BCUT2D eigenvalue weighted by molar-refractivity contribution is -0.116. The number of rotatable bonds is 7. The number of guanidine groups is 1. The number of likely N-dealkylation sites (N-methyl/N-ethyl adjacent to an activating group) is 1. The second kappa shape index (κ2) is 12.8. The monoisotopic (exact) mass is 573 g/mol. The summed E-state index contributed by atoms with van der Waals surface area (Å²) in [7, 11) is 7.52. The average Bonchev–Trinajstić information content (AvgIpc) is 2.63. The molecule has 0 saturated carbocycles. The SMILES string of the molecule is CN=C(NCc1cccc(NC(=O)CN(C)C)c1)N(C)Cc1ccccc1Br.I. The van der Waals surface area contributed by atoms with Crippen molar-refractivity contribution in [3.63, 3.8) is 0 Å². The maximum Gasteiger partial charge on any atom is 0.238 e. The van der Waals surface area contributed by atoms with E-state index in [4.69, 9.17) is 0 Å². The Kier molecular flexibility index (Phi) is 11.2. The molecule has 0 fully saturated rings.